The molecule has 0 aliphatic carbocycles. The fourth-order valence-electron chi connectivity index (χ4n) is 3.73. The van der Waals surface area contributed by atoms with E-state index in [-0.39, 0.29) is 12.0 Å². The smallest absolute Gasteiger partial charge is 0.394 e. The molecule has 0 bridgehead atoms. The zero-order chi connectivity index (χ0) is 27.7. The van der Waals surface area contributed by atoms with Gasteiger partial charge in [0.25, 0.3) is 5.56 Å². The van der Waals surface area contributed by atoms with Crippen molar-refractivity contribution in [3.05, 3.63) is 32.6 Å². The van der Waals surface area contributed by atoms with Crippen LogP contribution in [0.1, 0.15) is 18.2 Å². The number of nitrogens with one attached hydrogen (secondary N) is 1. The average molecular weight is 578 g/mol. The number of methoxy groups -OCH3 is 1. The van der Waals surface area contributed by atoms with Crippen molar-refractivity contribution in [2.75, 3.05) is 20.3 Å². The molecule has 0 amide bonds. The van der Waals surface area contributed by atoms with Crippen molar-refractivity contribution < 1.29 is 66.9 Å². The molecular weight excluding hydrogens is 550 g/mol. The summed E-state index contributed by atoms with van der Waals surface area (Å²) >= 11 is 0. The average Bonchev–Trinajstić information content (AvgIpc) is 3.31. The van der Waals surface area contributed by atoms with Gasteiger partial charge in [0.2, 0.25) is 0 Å². The number of H-pyrrole nitrogens is 1. The van der Waals surface area contributed by atoms with Gasteiger partial charge in [0.05, 0.1) is 19.3 Å². The maximum Gasteiger partial charge on any atom is 0.483 e. The molecule has 3 heterocycles. The highest BCUT2D eigenvalue weighted by Crippen LogP contribution is 2.61. The maximum absolute atomic E-state index is 12.3. The number of aliphatic hydroxyl groups excluding tert-OH is 4. The predicted molar refractivity (Wildman–Crippen MR) is 117 cm³/mol. The summed E-state index contributed by atoms with van der Waals surface area (Å²) in [4.78, 5) is 45.4. The van der Waals surface area contributed by atoms with Crippen LogP contribution in [0.3, 0.4) is 0 Å². The highest BCUT2D eigenvalue weighted by molar-refractivity contribution is 7.61. The molecule has 0 spiro atoms. The van der Waals surface area contributed by atoms with Gasteiger partial charge in [-0.1, -0.05) is 0 Å². The molecule has 0 aromatic carbocycles. The number of hydrogen-bond acceptors (Lipinski definition) is 14. The van der Waals surface area contributed by atoms with E-state index in [2.05, 4.69) is 18.3 Å². The molecule has 2 fully saturated rings. The Morgan fingerprint density at radius 2 is 1.89 bits per heavy atom. The lowest BCUT2D eigenvalue weighted by atomic mass is 10.1. The second kappa shape index (κ2) is 11.8. The Hall–Kier alpha value is -1.34. The second-order valence-corrected chi connectivity index (χ2v) is 11.2. The van der Waals surface area contributed by atoms with Crippen LogP contribution < -0.4 is 11.2 Å². The summed E-state index contributed by atoms with van der Waals surface area (Å²) in [7, 11) is -9.71. The summed E-state index contributed by atoms with van der Waals surface area (Å²) in [6, 6.07) is 0. The third kappa shape index (κ3) is 7.20. The van der Waals surface area contributed by atoms with Crippen LogP contribution in [0, 0.1) is 6.92 Å². The first-order valence-electron chi connectivity index (χ1n) is 10.7. The van der Waals surface area contributed by atoms with E-state index in [4.69, 9.17) is 19.3 Å². The first kappa shape index (κ1) is 30.2. The molecule has 37 heavy (non-hydrogen) atoms. The van der Waals surface area contributed by atoms with E-state index in [0.717, 1.165) is 11.7 Å². The van der Waals surface area contributed by atoms with Crippen LogP contribution in [-0.2, 0) is 36.7 Å². The fourth-order valence-corrected chi connectivity index (χ4v) is 5.88. The Bertz CT molecular complexity index is 1160. The number of phosphoric acid groups is 2. The summed E-state index contributed by atoms with van der Waals surface area (Å²) in [6.45, 7) is -0.215. The Morgan fingerprint density at radius 3 is 2.51 bits per heavy atom. The van der Waals surface area contributed by atoms with Gasteiger partial charge in [-0.05, 0) is 6.92 Å². The Morgan fingerprint density at radius 1 is 1.22 bits per heavy atom. The molecule has 3 rings (SSSR count). The number of aromatic nitrogens is 2. The second-order valence-electron chi connectivity index (χ2n) is 8.24. The van der Waals surface area contributed by atoms with E-state index in [0.29, 0.717) is 0 Å². The molecule has 20 heteroatoms. The lowest BCUT2D eigenvalue weighted by molar-refractivity contribution is -0.147. The number of aryl methyl sites for hydroxylation is 1. The number of aliphatic hydroxyl groups is 4. The monoisotopic (exact) mass is 578 g/mol. The van der Waals surface area contributed by atoms with E-state index in [9.17, 15) is 43.8 Å². The standard InChI is InChI=1S/C17H28N2O16P2/c1-7-4-19(17(25)18-15(7)24)11-3-8(21)10(32-11)6-31-36(26,27)35-37(28,29)34-16-14(30-2)12(23)13(33-16)9(22)5-20/h4,8-14,16,20-23H,3,5-6H2,1-2H3,(H,26,27)(H,28,29)(H,18,24,25)/t8-,9+,10+,11+,12-,13-,14+,16+/m0/s1. The minimum Gasteiger partial charge on any atom is -0.394 e. The van der Waals surface area contributed by atoms with Gasteiger partial charge in [-0.25, -0.2) is 13.9 Å². The fraction of sp³-hybridized carbons (Fsp3) is 0.765. The molecule has 2 saturated heterocycles. The van der Waals surface area contributed by atoms with Crippen LogP contribution >= 0.6 is 15.6 Å². The topological polar surface area (TPSA) is 266 Å². The van der Waals surface area contributed by atoms with Gasteiger partial charge < -0.3 is 44.4 Å². The summed E-state index contributed by atoms with van der Waals surface area (Å²) in [5.74, 6) is 0. The molecule has 10 atom stereocenters. The van der Waals surface area contributed by atoms with Crippen molar-refractivity contribution in [3.8, 4) is 0 Å². The van der Waals surface area contributed by atoms with Crippen LogP contribution in [0.25, 0.3) is 0 Å². The summed E-state index contributed by atoms with van der Waals surface area (Å²) in [6.07, 6.45) is -10.6. The Labute approximate surface area is 208 Å². The first-order valence-corrected chi connectivity index (χ1v) is 13.7. The number of aromatic amines is 1. The molecule has 0 radical (unpaired) electrons. The molecule has 7 N–H and O–H groups in total. The molecule has 2 unspecified atom stereocenters. The van der Waals surface area contributed by atoms with Gasteiger partial charge in [0.15, 0.2) is 6.29 Å². The van der Waals surface area contributed by atoms with Crippen LogP contribution in [0.5, 0.6) is 0 Å². The SMILES string of the molecule is CO[C@H]1[C@@H](OP(=O)(O)OP(=O)(O)OC[C@H]2O[C@@H](n3cc(C)c(=O)[nH]c3=O)C[C@@H]2O)O[C@@H]([C@H](O)CO)[C@@H]1O. The van der Waals surface area contributed by atoms with Crippen molar-refractivity contribution >= 4 is 15.6 Å². The third-order valence-corrected chi connectivity index (χ3v) is 8.18. The van der Waals surface area contributed by atoms with E-state index in [1.807, 2.05) is 0 Å². The minimum absolute atomic E-state index is 0.155. The molecule has 212 valence electrons. The highest BCUT2D eigenvalue weighted by Gasteiger charge is 2.51. The zero-order valence-electron chi connectivity index (χ0n) is 19.4. The van der Waals surface area contributed by atoms with Crippen molar-refractivity contribution in [2.24, 2.45) is 0 Å². The zero-order valence-corrected chi connectivity index (χ0v) is 21.2. The summed E-state index contributed by atoms with van der Waals surface area (Å²) in [5.41, 5.74) is -1.23. The number of nitrogens with zero attached hydrogens (tertiary/aromatic N) is 1. The molecule has 2 aliphatic heterocycles. The number of rotatable bonds is 11. The molecule has 1 aromatic heterocycles. The molecular formula is C17H28N2O16P2. The number of phosphoric ester groups is 2. The van der Waals surface area contributed by atoms with Gasteiger partial charge in [-0.2, -0.15) is 4.31 Å². The summed E-state index contributed by atoms with van der Waals surface area (Å²) in [5, 5.41) is 39.0. The normalized spacial score (nSPS) is 34.2. The van der Waals surface area contributed by atoms with Crippen LogP contribution in [0.2, 0.25) is 0 Å². The molecule has 18 nitrogen and oxygen atoms in total. The van der Waals surface area contributed by atoms with E-state index in [1.54, 1.807) is 0 Å². The van der Waals surface area contributed by atoms with Gasteiger partial charge in [0, 0.05) is 25.3 Å². The third-order valence-electron chi connectivity index (χ3n) is 5.58. The van der Waals surface area contributed by atoms with Crippen LogP contribution in [-0.4, -0.2) is 103 Å². The van der Waals surface area contributed by atoms with Crippen LogP contribution in [0.15, 0.2) is 15.8 Å². The van der Waals surface area contributed by atoms with Crippen molar-refractivity contribution in [1.82, 2.24) is 9.55 Å². The Balaban J connectivity index is 1.59. The highest BCUT2D eigenvalue weighted by atomic mass is 31.3. The minimum atomic E-state index is -5.44. The lowest BCUT2D eigenvalue weighted by Gasteiger charge is -2.23. The lowest BCUT2D eigenvalue weighted by Crippen LogP contribution is -2.41. The van der Waals surface area contributed by atoms with Gasteiger partial charge in [0.1, 0.15) is 36.7 Å². The van der Waals surface area contributed by atoms with E-state index >= 15 is 0 Å². The van der Waals surface area contributed by atoms with Gasteiger partial charge >= 0.3 is 21.3 Å². The predicted octanol–water partition coefficient (Wildman–Crippen LogP) is -2.80. The van der Waals surface area contributed by atoms with Crippen molar-refractivity contribution in [3.63, 3.8) is 0 Å². The van der Waals surface area contributed by atoms with Crippen molar-refractivity contribution in [2.45, 2.75) is 62.5 Å². The Kier molecular flexibility index (Phi) is 9.64. The first-order chi connectivity index (χ1) is 17.2. The molecule has 1 aromatic rings. The summed E-state index contributed by atoms with van der Waals surface area (Å²) < 4.78 is 54.5. The van der Waals surface area contributed by atoms with Crippen molar-refractivity contribution in [1.29, 1.82) is 0 Å². The van der Waals surface area contributed by atoms with Crippen LogP contribution in [0.4, 0.5) is 0 Å². The van der Waals surface area contributed by atoms with E-state index < -0.39 is 89.2 Å². The quantitative estimate of drug-likeness (QED) is 0.131. The van der Waals surface area contributed by atoms with E-state index in [1.165, 1.54) is 13.1 Å². The molecule has 2 aliphatic rings. The maximum atomic E-state index is 12.3. The number of hydrogen-bond donors (Lipinski definition) is 7. The van der Waals surface area contributed by atoms with Gasteiger partial charge in [-0.3, -0.25) is 23.4 Å². The molecule has 0 saturated carbocycles. The van der Waals surface area contributed by atoms with Gasteiger partial charge in [-0.15, -0.1) is 0 Å². The number of ether oxygens (including phenoxy) is 3. The largest absolute Gasteiger partial charge is 0.483 e.